The molecule has 0 radical (unpaired) electrons. The number of aliphatic hydroxyl groups excluding tert-OH is 1. The average Bonchev–Trinajstić information content (AvgIpc) is 2.41. The van der Waals surface area contributed by atoms with Crippen molar-refractivity contribution in [2.45, 2.75) is 26.5 Å². The molecule has 1 heterocycles. The zero-order valence-corrected chi connectivity index (χ0v) is 11.9. The highest BCUT2D eigenvalue weighted by Gasteiger charge is 2.09. The molecule has 0 aliphatic heterocycles. The lowest BCUT2D eigenvalue weighted by atomic mass is 10.2. The molecule has 0 saturated carbocycles. The van der Waals surface area contributed by atoms with Crippen LogP contribution in [0.4, 0.5) is 0 Å². The van der Waals surface area contributed by atoms with E-state index in [1.54, 1.807) is 4.57 Å². The van der Waals surface area contributed by atoms with Crippen molar-refractivity contribution in [1.29, 1.82) is 0 Å². The number of hydrogen-bond acceptors (Lipinski definition) is 4. The smallest absolute Gasteiger partial charge is 0.269 e. The molecule has 2 aromatic rings. The number of para-hydroxylation sites is 2. The van der Waals surface area contributed by atoms with Crippen LogP contribution in [0.15, 0.2) is 35.3 Å². The fourth-order valence-electron chi connectivity index (χ4n) is 2.12. The van der Waals surface area contributed by atoms with Crippen molar-refractivity contribution in [1.82, 2.24) is 14.9 Å². The summed E-state index contributed by atoms with van der Waals surface area (Å²) in [6.07, 6.45) is 0.702. The van der Waals surface area contributed by atoms with Crippen molar-refractivity contribution in [2.75, 3.05) is 13.1 Å². The van der Waals surface area contributed by atoms with Crippen LogP contribution in [0.1, 0.15) is 13.8 Å². The van der Waals surface area contributed by atoms with Gasteiger partial charge in [0.15, 0.2) is 0 Å². The molecule has 0 saturated heterocycles. The second-order valence-corrected chi connectivity index (χ2v) is 5.40. The predicted octanol–water partition coefficient (Wildman–Crippen LogP) is 1.00. The van der Waals surface area contributed by atoms with Crippen LogP contribution >= 0.6 is 0 Å². The molecule has 5 nitrogen and oxygen atoms in total. The zero-order valence-electron chi connectivity index (χ0n) is 11.9. The van der Waals surface area contributed by atoms with E-state index in [9.17, 15) is 9.90 Å². The highest BCUT2D eigenvalue weighted by Crippen LogP contribution is 2.08. The van der Waals surface area contributed by atoms with E-state index in [-0.39, 0.29) is 12.1 Å². The molecule has 0 fully saturated rings. The molecule has 0 spiro atoms. The SMILES string of the molecule is CC(C)CNCC(O)Cn1c(=O)cnc2ccccc21. The van der Waals surface area contributed by atoms with Gasteiger partial charge in [-0.15, -0.1) is 0 Å². The molecule has 0 aliphatic rings. The molecule has 0 amide bonds. The third kappa shape index (κ3) is 3.65. The zero-order chi connectivity index (χ0) is 14.5. The average molecular weight is 275 g/mol. The number of fused-ring (bicyclic) bond motifs is 1. The number of aliphatic hydroxyl groups is 1. The third-order valence-electron chi connectivity index (χ3n) is 3.08. The lowest BCUT2D eigenvalue weighted by Crippen LogP contribution is -2.35. The van der Waals surface area contributed by atoms with Crippen molar-refractivity contribution >= 4 is 11.0 Å². The number of nitrogens with zero attached hydrogens (tertiary/aromatic N) is 2. The molecule has 1 aromatic heterocycles. The lowest BCUT2D eigenvalue weighted by Gasteiger charge is -2.16. The van der Waals surface area contributed by atoms with E-state index in [0.717, 1.165) is 17.6 Å². The maximum absolute atomic E-state index is 11.9. The Hall–Kier alpha value is -1.72. The summed E-state index contributed by atoms with van der Waals surface area (Å²) in [5, 5.41) is 13.2. The number of aromatic nitrogens is 2. The third-order valence-corrected chi connectivity index (χ3v) is 3.08. The normalized spacial score (nSPS) is 13.0. The van der Waals surface area contributed by atoms with Gasteiger partial charge in [-0.2, -0.15) is 0 Å². The van der Waals surface area contributed by atoms with Crippen LogP contribution in [0.25, 0.3) is 11.0 Å². The summed E-state index contributed by atoms with van der Waals surface area (Å²) in [4.78, 5) is 16.0. The Bertz CT molecular complexity index is 622. The molecule has 0 bridgehead atoms. The van der Waals surface area contributed by atoms with Crippen molar-refractivity contribution in [3.63, 3.8) is 0 Å². The maximum Gasteiger partial charge on any atom is 0.269 e. The largest absolute Gasteiger partial charge is 0.390 e. The van der Waals surface area contributed by atoms with Gasteiger partial charge in [0.05, 0.1) is 29.9 Å². The molecule has 5 heteroatoms. The Balaban J connectivity index is 2.12. The second-order valence-electron chi connectivity index (χ2n) is 5.40. The lowest BCUT2D eigenvalue weighted by molar-refractivity contribution is 0.150. The van der Waals surface area contributed by atoms with Gasteiger partial charge in [-0.25, -0.2) is 4.98 Å². The van der Waals surface area contributed by atoms with Crippen molar-refractivity contribution in [2.24, 2.45) is 5.92 Å². The van der Waals surface area contributed by atoms with E-state index in [1.807, 2.05) is 24.3 Å². The van der Waals surface area contributed by atoms with E-state index < -0.39 is 6.10 Å². The standard InChI is InChI=1S/C15H21N3O2/c1-11(2)7-16-8-12(19)10-18-14-6-4-3-5-13(14)17-9-15(18)20/h3-6,9,11-12,16,19H,7-8,10H2,1-2H3. The molecule has 20 heavy (non-hydrogen) atoms. The van der Waals surface area contributed by atoms with Gasteiger partial charge < -0.3 is 15.0 Å². The summed E-state index contributed by atoms with van der Waals surface area (Å²) < 4.78 is 1.57. The van der Waals surface area contributed by atoms with Gasteiger partial charge in [-0.05, 0) is 24.6 Å². The van der Waals surface area contributed by atoms with E-state index >= 15 is 0 Å². The van der Waals surface area contributed by atoms with Crippen molar-refractivity contribution in [3.8, 4) is 0 Å². The molecule has 108 valence electrons. The van der Waals surface area contributed by atoms with Crippen LogP contribution in [0, 0.1) is 5.92 Å². The number of hydrogen-bond donors (Lipinski definition) is 2. The van der Waals surface area contributed by atoms with E-state index in [1.165, 1.54) is 6.20 Å². The van der Waals surface area contributed by atoms with Crippen LogP contribution < -0.4 is 10.9 Å². The van der Waals surface area contributed by atoms with E-state index in [0.29, 0.717) is 12.5 Å². The van der Waals surface area contributed by atoms with Crippen molar-refractivity contribution < 1.29 is 5.11 Å². The fourth-order valence-corrected chi connectivity index (χ4v) is 2.12. The van der Waals surface area contributed by atoms with Crippen LogP contribution in [0.5, 0.6) is 0 Å². The Kier molecular flexibility index (Phi) is 4.87. The van der Waals surface area contributed by atoms with Gasteiger partial charge in [-0.1, -0.05) is 26.0 Å². The minimum atomic E-state index is -0.600. The minimum Gasteiger partial charge on any atom is -0.390 e. The number of benzene rings is 1. The van der Waals surface area contributed by atoms with Gasteiger partial charge in [0.25, 0.3) is 5.56 Å². The quantitative estimate of drug-likeness (QED) is 0.825. The van der Waals surface area contributed by atoms with Gasteiger partial charge in [0.2, 0.25) is 0 Å². The number of rotatable bonds is 6. The second kappa shape index (κ2) is 6.63. The Morgan fingerprint density at radius 2 is 2.05 bits per heavy atom. The highest BCUT2D eigenvalue weighted by atomic mass is 16.3. The van der Waals surface area contributed by atoms with Gasteiger partial charge in [-0.3, -0.25) is 4.79 Å². The number of nitrogens with one attached hydrogen (secondary N) is 1. The molecule has 0 aliphatic carbocycles. The van der Waals surface area contributed by atoms with Gasteiger partial charge >= 0.3 is 0 Å². The predicted molar refractivity (Wildman–Crippen MR) is 79.7 cm³/mol. The summed E-state index contributed by atoms with van der Waals surface area (Å²) in [7, 11) is 0. The Morgan fingerprint density at radius 3 is 2.80 bits per heavy atom. The summed E-state index contributed by atoms with van der Waals surface area (Å²) in [5.74, 6) is 0.534. The maximum atomic E-state index is 11.9. The van der Waals surface area contributed by atoms with Crippen molar-refractivity contribution in [3.05, 3.63) is 40.8 Å². The molecule has 1 unspecified atom stereocenters. The van der Waals surface area contributed by atoms with Crippen LogP contribution in [0.2, 0.25) is 0 Å². The summed E-state index contributed by atoms with van der Waals surface area (Å²) in [6.45, 7) is 5.82. The van der Waals surface area contributed by atoms with Crippen LogP contribution in [-0.4, -0.2) is 33.9 Å². The first-order valence-corrected chi connectivity index (χ1v) is 6.91. The molecule has 1 aromatic carbocycles. The fraction of sp³-hybridized carbons (Fsp3) is 0.467. The molecule has 1 atom stereocenters. The topological polar surface area (TPSA) is 67.2 Å². The monoisotopic (exact) mass is 275 g/mol. The first kappa shape index (κ1) is 14.7. The Labute approximate surface area is 118 Å². The van der Waals surface area contributed by atoms with Crippen LogP contribution in [-0.2, 0) is 6.54 Å². The molecular weight excluding hydrogens is 254 g/mol. The Morgan fingerprint density at radius 1 is 1.30 bits per heavy atom. The summed E-state index contributed by atoms with van der Waals surface area (Å²) in [6, 6.07) is 7.45. The van der Waals surface area contributed by atoms with E-state index in [4.69, 9.17) is 0 Å². The van der Waals surface area contributed by atoms with Gasteiger partial charge in [0.1, 0.15) is 0 Å². The molecular formula is C15H21N3O2. The van der Waals surface area contributed by atoms with Gasteiger partial charge in [0, 0.05) is 6.54 Å². The van der Waals surface area contributed by atoms with E-state index in [2.05, 4.69) is 24.1 Å². The first-order valence-electron chi connectivity index (χ1n) is 6.91. The highest BCUT2D eigenvalue weighted by molar-refractivity contribution is 5.74. The molecule has 2 N–H and O–H groups in total. The first-order chi connectivity index (χ1) is 9.58. The van der Waals surface area contributed by atoms with Crippen LogP contribution in [0.3, 0.4) is 0 Å². The summed E-state index contributed by atoms with van der Waals surface area (Å²) in [5.41, 5.74) is 1.32. The molecule has 2 rings (SSSR count). The summed E-state index contributed by atoms with van der Waals surface area (Å²) >= 11 is 0. The minimum absolute atomic E-state index is 0.188.